The second-order valence-corrected chi connectivity index (χ2v) is 4.95. The molecule has 21 heavy (non-hydrogen) atoms. The van der Waals surface area contributed by atoms with Crippen LogP contribution in [0.25, 0.3) is 0 Å². The Labute approximate surface area is 128 Å². The molecule has 0 saturated carbocycles. The van der Waals surface area contributed by atoms with Crippen LogP contribution in [-0.4, -0.2) is 10.9 Å². The van der Waals surface area contributed by atoms with E-state index in [1.807, 2.05) is 12.1 Å². The monoisotopic (exact) mass is 304 g/mol. The third kappa shape index (κ3) is 4.18. The zero-order valence-corrected chi connectivity index (χ0v) is 12.4. The summed E-state index contributed by atoms with van der Waals surface area (Å²) in [6.45, 7) is 2.56. The van der Waals surface area contributed by atoms with E-state index in [4.69, 9.17) is 17.4 Å². The van der Waals surface area contributed by atoms with Gasteiger partial charge >= 0.3 is 0 Å². The van der Waals surface area contributed by atoms with E-state index in [1.54, 1.807) is 6.07 Å². The summed E-state index contributed by atoms with van der Waals surface area (Å²) in [7, 11) is 0. The van der Waals surface area contributed by atoms with Crippen molar-refractivity contribution in [1.29, 1.82) is 0 Å². The number of carbonyl (C=O) groups excluding carboxylic acids is 1. The average molecular weight is 305 g/mol. The number of hydrogen-bond donors (Lipinski definition) is 3. The number of hydrogen-bond acceptors (Lipinski definition) is 4. The van der Waals surface area contributed by atoms with Crippen molar-refractivity contribution in [1.82, 2.24) is 10.3 Å². The third-order valence-electron chi connectivity index (χ3n) is 3.09. The molecule has 1 aromatic heterocycles. The van der Waals surface area contributed by atoms with Crippen LogP contribution >= 0.6 is 11.6 Å². The lowest BCUT2D eigenvalue weighted by atomic mass is 10.1. The molecule has 0 saturated heterocycles. The van der Waals surface area contributed by atoms with Gasteiger partial charge < -0.3 is 10.7 Å². The van der Waals surface area contributed by atoms with E-state index in [0.717, 1.165) is 12.0 Å². The maximum absolute atomic E-state index is 12.1. The molecule has 0 radical (unpaired) electrons. The van der Waals surface area contributed by atoms with Gasteiger partial charge in [-0.05, 0) is 29.7 Å². The largest absolute Gasteiger partial charge is 0.348 e. The number of amides is 1. The van der Waals surface area contributed by atoms with Gasteiger partial charge in [0.1, 0.15) is 11.0 Å². The molecule has 0 aliphatic heterocycles. The van der Waals surface area contributed by atoms with Crippen molar-refractivity contribution in [2.45, 2.75) is 19.9 Å². The molecule has 4 N–H and O–H groups in total. The summed E-state index contributed by atoms with van der Waals surface area (Å²) >= 11 is 5.84. The predicted octanol–water partition coefficient (Wildman–Crippen LogP) is 2.51. The van der Waals surface area contributed by atoms with Crippen LogP contribution in [0.1, 0.15) is 28.4 Å². The Hall–Kier alpha value is -2.11. The Bertz CT molecular complexity index is 628. The summed E-state index contributed by atoms with van der Waals surface area (Å²) in [5.41, 5.74) is 5.09. The zero-order valence-electron chi connectivity index (χ0n) is 11.7. The van der Waals surface area contributed by atoms with E-state index in [1.165, 1.54) is 11.6 Å². The van der Waals surface area contributed by atoms with Crippen LogP contribution in [0.4, 0.5) is 5.82 Å². The van der Waals surface area contributed by atoms with Crippen LogP contribution < -0.4 is 16.6 Å². The van der Waals surface area contributed by atoms with Gasteiger partial charge in [0.15, 0.2) is 0 Å². The van der Waals surface area contributed by atoms with E-state index >= 15 is 0 Å². The molecule has 110 valence electrons. The number of hydrazine groups is 1. The molecule has 6 heteroatoms. The highest BCUT2D eigenvalue weighted by Gasteiger charge is 2.08. The molecular formula is C15H17ClN4O. The summed E-state index contributed by atoms with van der Waals surface area (Å²) in [4.78, 5) is 16.0. The molecule has 1 aromatic carbocycles. The number of aryl methyl sites for hydroxylation is 1. The van der Waals surface area contributed by atoms with Crippen molar-refractivity contribution < 1.29 is 4.79 Å². The Balaban J connectivity index is 2.02. The summed E-state index contributed by atoms with van der Waals surface area (Å²) < 4.78 is 0. The first-order chi connectivity index (χ1) is 10.1. The molecule has 1 heterocycles. The number of anilines is 1. The topological polar surface area (TPSA) is 80.0 Å². The molecule has 0 bridgehead atoms. The van der Waals surface area contributed by atoms with E-state index in [9.17, 15) is 4.79 Å². The van der Waals surface area contributed by atoms with Crippen LogP contribution in [0.5, 0.6) is 0 Å². The number of halogens is 1. The second kappa shape index (κ2) is 7.06. The minimum absolute atomic E-state index is 0.211. The fraction of sp³-hybridized carbons (Fsp3) is 0.200. The number of carbonyl (C=O) groups is 1. The summed E-state index contributed by atoms with van der Waals surface area (Å²) in [6.07, 6.45) is 0.997. The molecule has 0 fully saturated rings. The van der Waals surface area contributed by atoms with Gasteiger partial charge in [-0.1, -0.05) is 42.8 Å². The molecular weight excluding hydrogens is 288 g/mol. The highest BCUT2D eigenvalue weighted by molar-refractivity contribution is 6.29. The van der Waals surface area contributed by atoms with Crippen LogP contribution in [-0.2, 0) is 13.0 Å². The van der Waals surface area contributed by atoms with E-state index in [2.05, 4.69) is 34.8 Å². The van der Waals surface area contributed by atoms with Gasteiger partial charge in [-0.3, -0.25) is 4.79 Å². The first-order valence-electron chi connectivity index (χ1n) is 6.62. The molecule has 0 aliphatic carbocycles. The number of nitrogen functional groups attached to an aromatic ring is 1. The van der Waals surface area contributed by atoms with Crippen LogP contribution in [0.15, 0.2) is 36.4 Å². The predicted molar refractivity (Wildman–Crippen MR) is 84.0 cm³/mol. The number of pyridine rings is 1. The first kappa shape index (κ1) is 15.3. The molecule has 0 spiro atoms. The summed E-state index contributed by atoms with van der Waals surface area (Å²) in [6, 6.07) is 11.2. The summed E-state index contributed by atoms with van der Waals surface area (Å²) in [5, 5.41) is 3.05. The molecule has 5 nitrogen and oxygen atoms in total. The van der Waals surface area contributed by atoms with Gasteiger partial charge in [0.05, 0.1) is 0 Å². The van der Waals surface area contributed by atoms with Crippen LogP contribution in [0.3, 0.4) is 0 Å². The van der Waals surface area contributed by atoms with E-state index in [0.29, 0.717) is 17.9 Å². The second-order valence-electron chi connectivity index (χ2n) is 4.56. The molecule has 0 aliphatic rings. The molecule has 1 amide bonds. The van der Waals surface area contributed by atoms with Crippen molar-refractivity contribution in [2.75, 3.05) is 5.43 Å². The van der Waals surface area contributed by atoms with Gasteiger partial charge in [0.25, 0.3) is 5.91 Å². The zero-order chi connectivity index (χ0) is 15.2. The van der Waals surface area contributed by atoms with Crippen molar-refractivity contribution in [3.8, 4) is 0 Å². The van der Waals surface area contributed by atoms with Crippen LogP contribution in [0.2, 0.25) is 5.15 Å². The quantitative estimate of drug-likeness (QED) is 0.450. The number of nitrogens with two attached hydrogens (primary N) is 1. The molecule has 0 unspecified atom stereocenters. The van der Waals surface area contributed by atoms with Gasteiger partial charge in [0.2, 0.25) is 0 Å². The van der Waals surface area contributed by atoms with Crippen molar-refractivity contribution in [3.63, 3.8) is 0 Å². The van der Waals surface area contributed by atoms with Crippen molar-refractivity contribution in [2.24, 2.45) is 5.84 Å². The number of nitrogens with zero attached hydrogens (tertiary/aromatic N) is 1. The van der Waals surface area contributed by atoms with Crippen LogP contribution in [0, 0.1) is 0 Å². The molecule has 2 aromatic rings. The highest BCUT2D eigenvalue weighted by Crippen LogP contribution is 2.14. The number of aromatic nitrogens is 1. The standard InChI is InChI=1S/C15H17ClN4O/c1-2-10-3-5-11(6-4-10)9-18-15(21)12-7-13(16)19-14(8-12)20-17/h3-8H,2,9,17H2,1H3,(H,18,21)(H,19,20). The van der Waals surface area contributed by atoms with Gasteiger partial charge in [-0.2, -0.15) is 0 Å². The van der Waals surface area contributed by atoms with Crippen molar-refractivity contribution >= 4 is 23.3 Å². The number of nitrogens with one attached hydrogen (secondary N) is 2. The smallest absolute Gasteiger partial charge is 0.251 e. The normalized spacial score (nSPS) is 10.2. The third-order valence-corrected chi connectivity index (χ3v) is 3.28. The minimum atomic E-state index is -0.227. The maximum Gasteiger partial charge on any atom is 0.251 e. The maximum atomic E-state index is 12.1. The van der Waals surface area contributed by atoms with Crippen molar-refractivity contribution in [3.05, 3.63) is 58.2 Å². The molecule has 0 atom stereocenters. The van der Waals surface area contributed by atoms with Gasteiger partial charge in [0, 0.05) is 12.1 Å². The van der Waals surface area contributed by atoms with E-state index in [-0.39, 0.29) is 11.1 Å². The molecule has 2 rings (SSSR count). The Morgan fingerprint density at radius 3 is 2.52 bits per heavy atom. The lowest BCUT2D eigenvalue weighted by Crippen LogP contribution is -2.23. The SMILES string of the molecule is CCc1ccc(CNC(=O)c2cc(Cl)nc(NN)c2)cc1. The Kier molecular flexibility index (Phi) is 5.14. The van der Waals surface area contributed by atoms with Gasteiger partial charge in [-0.15, -0.1) is 0 Å². The lowest BCUT2D eigenvalue weighted by Gasteiger charge is -2.08. The Morgan fingerprint density at radius 2 is 1.90 bits per heavy atom. The lowest BCUT2D eigenvalue weighted by molar-refractivity contribution is 0.0951. The number of benzene rings is 1. The average Bonchev–Trinajstić information content (AvgIpc) is 2.52. The van der Waals surface area contributed by atoms with E-state index < -0.39 is 0 Å². The summed E-state index contributed by atoms with van der Waals surface area (Å²) in [5.74, 6) is 5.40. The first-order valence-corrected chi connectivity index (χ1v) is 7.00. The fourth-order valence-corrected chi connectivity index (χ4v) is 2.09. The fourth-order valence-electron chi connectivity index (χ4n) is 1.88. The number of rotatable bonds is 5. The van der Waals surface area contributed by atoms with Gasteiger partial charge in [-0.25, -0.2) is 10.8 Å². The minimum Gasteiger partial charge on any atom is -0.348 e. The Morgan fingerprint density at radius 1 is 1.24 bits per heavy atom. The highest BCUT2D eigenvalue weighted by atomic mass is 35.5.